The highest BCUT2D eigenvalue weighted by molar-refractivity contribution is 9.09. The number of halogens is 1. The van der Waals surface area contributed by atoms with Crippen LogP contribution in [0.5, 0.6) is 0 Å². The molecule has 0 saturated carbocycles. The number of alkyl carbamates (subject to hydrolysis) is 1. The number of benzene rings is 1. The topological polar surface area (TPSA) is 64.6 Å². The molecule has 2 unspecified atom stereocenters. The molecule has 2 atom stereocenters. The van der Waals surface area contributed by atoms with Crippen LogP contribution in [0, 0.1) is 5.92 Å². The Labute approximate surface area is 125 Å². The van der Waals surface area contributed by atoms with Gasteiger partial charge in [-0.05, 0) is 5.56 Å². The third kappa shape index (κ3) is 4.05. The van der Waals surface area contributed by atoms with Crippen molar-refractivity contribution in [1.29, 1.82) is 0 Å². The number of ketones is 1. The summed E-state index contributed by atoms with van der Waals surface area (Å²) in [6.45, 7) is 0.884. The van der Waals surface area contributed by atoms with Crippen LogP contribution >= 0.6 is 15.9 Å². The SMILES string of the molecule is O=C(NC1COCC1C(=O)CBr)OCc1ccccc1. The minimum Gasteiger partial charge on any atom is -0.445 e. The zero-order valence-corrected chi connectivity index (χ0v) is 12.5. The molecule has 108 valence electrons. The summed E-state index contributed by atoms with van der Waals surface area (Å²) >= 11 is 3.13. The molecule has 0 spiro atoms. The van der Waals surface area contributed by atoms with Gasteiger partial charge in [-0.25, -0.2) is 4.79 Å². The van der Waals surface area contributed by atoms with E-state index >= 15 is 0 Å². The first-order valence-corrected chi connectivity index (χ1v) is 7.46. The molecule has 1 fully saturated rings. The first-order chi connectivity index (χ1) is 9.70. The van der Waals surface area contributed by atoms with Crippen LogP contribution in [0.25, 0.3) is 0 Å². The summed E-state index contributed by atoms with van der Waals surface area (Å²) in [5.74, 6) is -0.283. The lowest BCUT2D eigenvalue weighted by atomic mass is 10.00. The summed E-state index contributed by atoms with van der Waals surface area (Å²) in [5.41, 5.74) is 0.915. The molecule has 1 aromatic rings. The lowest BCUT2D eigenvalue weighted by molar-refractivity contribution is -0.120. The standard InChI is InChI=1S/C14H16BrNO4/c15-6-13(17)11-8-19-9-12(11)16-14(18)20-7-10-4-2-1-3-5-10/h1-5,11-12H,6-9H2,(H,16,18). The van der Waals surface area contributed by atoms with Crippen LogP contribution in [-0.2, 0) is 20.9 Å². The quantitative estimate of drug-likeness (QED) is 0.830. The van der Waals surface area contributed by atoms with E-state index in [1.165, 1.54) is 0 Å². The van der Waals surface area contributed by atoms with Gasteiger partial charge in [0, 0.05) is 0 Å². The van der Waals surface area contributed by atoms with Crippen molar-refractivity contribution >= 4 is 27.8 Å². The number of amides is 1. The molecule has 0 bridgehead atoms. The van der Waals surface area contributed by atoms with Crippen LogP contribution in [0.3, 0.4) is 0 Å². The molecule has 0 aromatic heterocycles. The number of alkyl halides is 1. The van der Waals surface area contributed by atoms with Crippen LogP contribution in [0.15, 0.2) is 30.3 Å². The summed E-state index contributed by atoms with van der Waals surface area (Å²) < 4.78 is 10.4. The van der Waals surface area contributed by atoms with E-state index in [-0.39, 0.29) is 29.7 Å². The van der Waals surface area contributed by atoms with Gasteiger partial charge >= 0.3 is 6.09 Å². The number of Topliss-reactive ketones (excluding diaryl/α,β-unsaturated/α-hetero) is 1. The largest absolute Gasteiger partial charge is 0.445 e. The van der Waals surface area contributed by atoms with E-state index in [2.05, 4.69) is 21.2 Å². The minimum atomic E-state index is -0.531. The molecule has 1 aliphatic rings. The summed E-state index contributed by atoms with van der Waals surface area (Å²) in [5, 5.41) is 2.95. The molecule has 1 aromatic carbocycles. The van der Waals surface area contributed by atoms with E-state index in [1.54, 1.807) is 0 Å². The Morgan fingerprint density at radius 1 is 1.30 bits per heavy atom. The first kappa shape index (κ1) is 15.0. The molecule has 5 nitrogen and oxygen atoms in total. The fourth-order valence-electron chi connectivity index (χ4n) is 2.03. The van der Waals surface area contributed by atoms with Gasteiger partial charge in [0.2, 0.25) is 0 Å². The fraction of sp³-hybridized carbons (Fsp3) is 0.429. The summed E-state index contributed by atoms with van der Waals surface area (Å²) in [6.07, 6.45) is -0.531. The van der Waals surface area contributed by atoms with Gasteiger partial charge < -0.3 is 14.8 Å². The Morgan fingerprint density at radius 3 is 2.75 bits per heavy atom. The Kier molecular flexibility index (Phi) is 5.55. The second-order valence-electron chi connectivity index (χ2n) is 4.56. The number of hydrogen-bond acceptors (Lipinski definition) is 4. The molecule has 1 saturated heterocycles. The van der Waals surface area contributed by atoms with Gasteiger partial charge in [0.15, 0.2) is 5.78 Å². The van der Waals surface area contributed by atoms with Gasteiger partial charge in [0.25, 0.3) is 0 Å². The number of rotatable bonds is 5. The van der Waals surface area contributed by atoms with Gasteiger partial charge in [0.1, 0.15) is 6.61 Å². The number of hydrogen-bond donors (Lipinski definition) is 1. The number of carbonyl (C=O) groups excluding carboxylic acids is 2. The average Bonchev–Trinajstić information content (AvgIpc) is 2.93. The van der Waals surface area contributed by atoms with E-state index in [0.717, 1.165) is 5.56 Å². The average molecular weight is 342 g/mol. The molecule has 1 heterocycles. The number of ether oxygens (including phenoxy) is 2. The van der Waals surface area contributed by atoms with Crippen molar-refractivity contribution in [2.75, 3.05) is 18.5 Å². The van der Waals surface area contributed by atoms with Crippen molar-refractivity contribution in [3.8, 4) is 0 Å². The lowest BCUT2D eigenvalue weighted by Gasteiger charge is -2.17. The van der Waals surface area contributed by atoms with Crippen molar-refractivity contribution < 1.29 is 19.1 Å². The Bertz CT molecular complexity index is 466. The van der Waals surface area contributed by atoms with E-state index < -0.39 is 6.09 Å². The van der Waals surface area contributed by atoms with Gasteiger partial charge in [-0.1, -0.05) is 46.3 Å². The second-order valence-corrected chi connectivity index (χ2v) is 5.12. The molecular weight excluding hydrogens is 326 g/mol. The summed E-state index contributed by atoms with van der Waals surface area (Å²) in [6, 6.07) is 9.10. The van der Waals surface area contributed by atoms with Crippen LogP contribution in [0.2, 0.25) is 0 Å². The Hall–Kier alpha value is -1.40. The van der Waals surface area contributed by atoms with Gasteiger partial charge in [0.05, 0.1) is 30.5 Å². The predicted octanol–water partition coefficient (Wildman–Crippen LogP) is 1.89. The highest BCUT2D eigenvalue weighted by Crippen LogP contribution is 2.16. The number of carbonyl (C=O) groups is 2. The van der Waals surface area contributed by atoms with E-state index in [9.17, 15) is 9.59 Å². The van der Waals surface area contributed by atoms with Crippen LogP contribution in [0.1, 0.15) is 5.56 Å². The molecule has 1 aliphatic heterocycles. The molecule has 0 aliphatic carbocycles. The van der Waals surface area contributed by atoms with E-state index in [4.69, 9.17) is 9.47 Å². The van der Waals surface area contributed by atoms with Crippen LogP contribution < -0.4 is 5.32 Å². The van der Waals surface area contributed by atoms with Crippen molar-refractivity contribution in [1.82, 2.24) is 5.32 Å². The zero-order chi connectivity index (χ0) is 14.4. The molecule has 1 N–H and O–H groups in total. The molecule has 2 rings (SSSR count). The molecule has 1 amide bonds. The molecule has 6 heteroatoms. The maximum Gasteiger partial charge on any atom is 0.407 e. The third-order valence-electron chi connectivity index (χ3n) is 3.14. The van der Waals surface area contributed by atoms with Crippen molar-refractivity contribution in [2.45, 2.75) is 12.6 Å². The molecule has 20 heavy (non-hydrogen) atoms. The van der Waals surface area contributed by atoms with E-state index in [0.29, 0.717) is 13.2 Å². The second kappa shape index (κ2) is 7.40. The minimum absolute atomic E-state index is 0.0239. The highest BCUT2D eigenvalue weighted by atomic mass is 79.9. The Morgan fingerprint density at radius 2 is 2.05 bits per heavy atom. The lowest BCUT2D eigenvalue weighted by Crippen LogP contribution is -2.43. The van der Waals surface area contributed by atoms with Crippen molar-refractivity contribution in [3.05, 3.63) is 35.9 Å². The van der Waals surface area contributed by atoms with Crippen molar-refractivity contribution in [3.63, 3.8) is 0 Å². The van der Waals surface area contributed by atoms with Gasteiger partial charge in [-0.3, -0.25) is 4.79 Å². The maximum atomic E-state index is 11.7. The smallest absolute Gasteiger partial charge is 0.407 e. The monoisotopic (exact) mass is 341 g/mol. The predicted molar refractivity (Wildman–Crippen MR) is 76.7 cm³/mol. The van der Waals surface area contributed by atoms with Gasteiger partial charge in [-0.2, -0.15) is 0 Å². The van der Waals surface area contributed by atoms with Crippen LogP contribution in [-0.4, -0.2) is 36.5 Å². The maximum absolute atomic E-state index is 11.7. The summed E-state index contributed by atoms with van der Waals surface area (Å²) in [7, 11) is 0. The highest BCUT2D eigenvalue weighted by Gasteiger charge is 2.34. The fourth-order valence-corrected chi connectivity index (χ4v) is 2.44. The normalized spacial score (nSPS) is 21.4. The van der Waals surface area contributed by atoms with Gasteiger partial charge in [-0.15, -0.1) is 0 Å². The zero-order valence-electron chi connectivity index (χ0n) is 10.9. The number of nitrogens with one attached hydrogen (secondary N) is 1. The summed E-state index contributed by atoms with van der Waals surface area (Å²) in [4.78, 5) is 23.4. The van der Waals surface area contributed by atoms with Crippen LogP contribution in [0.4, 0.5) is 4.79 Å². The molecular formula is C14H16BrNO4. The molecule has 0 radical (unpaired) electrons. The Balaban J connectivity index is 1.80. The third-order valence-corrected chi connectivity index (χ3v) is 3.69. The first-order valence-electron chi connectivity index (χ1n) is 6.34. The van der Waals surface area contributed by atoms with E-state index in [1.807, 2.05) is 30.3 Å². The van der Waals surface area contributed by atoms with Crippen molar-refractivity contribution in [2.24, 2.45) is 5.92 Å².